The maximum Gasteiger partial charge on any atom is 0.0334 e. The van der Waals surface area contributed by atoms with Crippen molar-refractivity contribution in [1.29, 1.82) is 0 Å². The molecule has 0 aromatic heterocycles. The molecule has 1 aliphatic carbocycles. The van der Waals surface area contributed by atoms with Gasteiger partial charge in [-0.05, 0) is 37.1 Å². The Morgan fingerprint density at radius 1 is 1.15 bits per heavy atom. The van der Waals surface area contributed by atoms with E-state index in [9.17, 15) is 0 Å². The molecule has 2 aliphatic rings. The van der Waals surface area contributed by atoms with Crippen LogP contribution in [0.4, 0.5) is 0 Å². The highest BCUT2D eigenvalue weighted by Crippen LogP contribution is 2.37. The number of hydrogen-bond donors (Lipinski definition) is 1. The molecule has 0 aromatic carbocycles. The van der Waals surface area contributed by atoms with Gasteiger partial charge in [-0.2, -0.15) is 0 Å². The lowest BCUT2D eigenvalue weighted by molar-refractivity contribution is -0.00404. The summed E-state index contributed by atoms with van der Waals surface area (Å²) in [6.45, 7) is 15.6. The molecular weight excluding hydrogens is 244 g/mol. The number of nitrogens with one attached hydrogen (secondary N) is 1. The maximum atomic E-state index is 3.86. The molecule has 0 aromatic rings. The van der Waals surface area contributed by atoms with Gasteiger partial charge in [0.1, 0.15) is 0 Å². The smallest absolute Gasteiger partial charge is 0.0334 e. The first-order chi connectivity index (χ1) is 9.32. The van der Waals surface area contributed by atoms with Crippen LogP contribution in [-0.2, 0) is 0 Å². The van der Waals surface area contributed by atoms with Gasteiger partial charge in [-0.15, -0.1) is 0 Å². The SMILES string of the molecule is CC(C)C1CN(CCC(C)(C)C)C2(CCCCC2)CN1. The average Bonchev–Trinajstić information content (AvgIpc) is 2.37. The fourth-order valence-electron chi connectivity index (χ4n) is 3.88. The highest BCUT2D eigenvalue weighted by atomic mass is 15.3. The fraction of sp³-hybridized carbons (Fsp3) is 1.00. The Balaban J connectivity index is 2.05. The zero-order valence-electron chi connectivity index (χ0n) is 14.5. The van der Waals surface area contributed by atoms with E-state index in [0.717, 1.165) is 5.92 Å². The molecule has 1 aliphatic heterocycles. The Bertz CT molecular complexity index is 297. The highest BCUT2D eigenvalue weighted by molar-refractivity contribution is 5.01. The van der Waals surface area contributed by atoms with Gasteiger partial charge >= 0.3 is 0 Å². The van der Waals surface area contributed by atoms with Crippen LogP contribution < -0.4 is 5.32 Å². The van der Waals surface area contributed by atoms with Crippen molar-refractivity contribution in [1.82, 2.24) is 10.2 Å². The average molecular weight is 280 g/mol. The Labute approximate surface area is 126 Å². The van der Waals surface area contributed by atoms with E-state index in [-0.39, 0.29) is 0 Å². The van der Waals surface area contributed by atoms with Gasteiger partial charge in [-0.25, -0.2) is 0 Å². The Morgan fingerprint density at radius 2 is 1.80 bits per heavy atom. The second kappa shape index (κ2) is 6.36. The van der Waals surface area contributed by atoms with Crippen LogP contribution in [0.25, 0.3) is 0 Å². The molecular formula is C18H36N2. The second-order valence-electron chi connectivity index (χ2n) is 8.77. The van der Waals surface area contributed by atoms with E-state index in [1.54, 1.807) is 0 Å². The molecule has 118 valence electrons. The number of nitrogens with zero attached hydrogens (tertiary/aromatic N) is 1. The molecule has 0 radical (unpaired) electrons. The highest BCUT2D eigenvalue weighted by Gasteiger charge is 2.42. The van der Waals surface area contributed by atoms with Gasteiger partial charge in [0.25, 0.3) is 0 Å². The van der Waals surface area contributed by atoms with E-state index >= 15 is 0 Å². The summed E-state index contributed by atoms with van der Waals surface area (Å²) in [5.41, 5.74) is 0.933. The Kier molecular flexibility index (Phi) is 5.18. The van der Waals surface area contributed by atoms with Crippen molar-refractivity contribution in [2.24, 2.45) is 11.3 Å². The van der Waals surface area contributed by atoms with Crippen LogP contribution in [-0.4, -0.2) is 36.1 Å². The summed E-state index contributed by atoms with van der Waals surface area (Å²) in [6.07, 6.45) is 8.45. The van der Waals surface area contributed by atoms with E-state index < -0.39 is 0 Å². The first-order valence-electron chi connectivity index (χ1n) is 8.81. The summed E-state index contributed by atoms with van der Waals surface area (Å²) in [5, 5.41) is 3.86. The van der Waals surface area contributed by atoms with Gasteiger partial charge in [-0.1, -0.05) is 53.9 Å². The van der Waals surface area contributed by atoms with Gasteiger partial charge < -0.3 is 5.32 Å². The topological polar surface area (TPSA) is 15.3 Å². The lowest BCUT2D eigenvalue weighted by atomic mass is 9.77. The van der Waals surface area contributed by atoms with E-state index in [2.05, 4.69) is 44.8 Å². The van der Waals surface area contributed by atoms with Crippen LogP contribution in [0.2, 0.25) is 0 Å². The largest absolute Gasteiger partial charge is 0.311 e. The van der Waals surface area contributed by atoms with E-state index in [4.69, 9.17) is 0 Å². The van der Waals surface area contributed by atoms with Crippen LogP contribution in [0.15, 0.2) is 0 Å². The Hall–Kier alpha value is -0.0800. The van der Waals surface area contributed by atoms with Gasteiger partial charge in [0, 0.05) is 24.7 Å². The summed E-state index contributed by atoms with van der Waals surface area (Å²) < 4.78 is 0. The first-order valence-corrected chi connectivity index (χ1v) is 8.81. The lowest BCUT2D eigenvalue weighted by Gasteiger charge is -2.53. The van der Waals surface area contributed by atoms with Gasteiger partial charge in [0.05, 0.1) is 0 Å². The number of piperazine rings is 1. The third-order valence-corrected chi connectivity index (χ3v) is 5.50. The lowest BCUT2D eigenvalue weighted by Crippen LogP contribution is -2.66. The van der Waals surface area contributed by atoms with Crippen molar-refractivity contribution in [2.75, 3.05) is 19.6 Å². The molecule has 1 atom stereocenters. The van der Waals surface area contributed by atoms with E-state index in [0.29, 0.717) is 17.0 Å². The maximum absolute atomic E-state index is 3.86. The summed E-state index contributed by atoms with van der Waals surface area (Å²) in [7, 11) is 0. The molecule has 0 bridgehead atoms. The Morgan fingerprint density at radius 3 is 2.35 bits per heavy atom. The van der Waals surface area contributed by atoms with Crippen molar-refractivity contribution in [3.63, 3.8) is 0 Å². The molecule has 1 spiro atoms. The number of rotatable bonds is 3. The molecule has 2 fully saturated rings. The normalized spacial score (nSPS) is 28.2. The van der Waals surface area contributed by atoms with Crippen LogP contribution in [0.1, 0.15) is 73.1 Å². The van der Waals surface area contributed by atoms with E-state index in [1.807, 2.05) is 0 Å². The van der Waals surface area contributed by atoms with Crippen molar-refractivity contribution in [3.8, 4) is 0 Å². The third-order valence-electron chi connectivity index (χ3n) is 5.50. The zero-order valence-corrected chi connectivity index (χ0v) is 14.5. The van der Waals surface area contributed by atoms with Crippen LogP contribution in [0.3, 0.4) is 0 Å². The monoisotopic (exact) mass is 280 g/mol. The van der Waals surface area contributed by atoms with Crippen LogP contribution >= 0.6 is 0 Å². The second-order valence-corrected chi connectivity index (χ2v) is 8.77. The minimum Gasteiger partial charge on any atom is -0.311 e. The summed E-state index contributed by atoms with van der Waals surface area (Å²) in [4.78, 5) is 2.87. The molecule has 2 heteroatoms. The minimum atomic E-state index is 0.452. The molecule has 20 heavy (non-hydrogen) atoms. The summed E-state index contributed by atoms with van der Waals surface area (Å²) in [5.74, 6) is 0.744. The predicted octanol–water partition coefficient (Wildman–Crippen LogP) is 4.06. The molecule has 0 amide bonds. The minimum absolute atomic E-state index is 0.452. The first kappa shape index (κ1) is 16.3. The summed E-state index contributed by atoms with van der Waals surface area (Å²) >= 11 is 0. The number of hydrogen-bond acceptors (Lipinski definition) is 2. The predicted molar refractivity (Wildman–Crippen MR) is 88.1 cm³/mol. The quantitative estimate of drug-likeness (QED) is 0.839. The molecule has 1 saturated heterocycles. The molecule has 1 unspecified atom stereocenters. The van der Waals surface area contributed by atoms with Gasteiger partial charge in [-0.3, -0.25) is 4.90 Å². The molecule has 1 N–H and O–H groups in total. The van der Waals surface area contributed by atoms with Crippen LogP contribution in [0, 0.1) is 11.3 Å². The third kappa shape index (κ3) is 3.98. The molecule has 2 rings (SSSR count). The van der Waals surface area contributed by atoms with Gasteiger partial charge in [0.15, 0.2) is 0 Å². The zero-order chi connectivity index (χ0) is 14.8. The van der Waals surface area contributed by atoms with Crippen molar-refractivity contribution >= 4 is 0 Å². The standard InChI is InChI=1S/C18H36N2/c1-15(2)16-13-20(12-11-17(3,4)5)18(14-19-16)9-7-6-8-10-18/h15-16,19H,6-14H2,1-5H3. The molecule has 1 heterocycles. The molecule has 2 nitrogen and oxygen atoms in total. The van der Waals surface area contributed by atoms with Crippen molar-refractivity contribution in [3.05, 3.63) is 0 Å². The van der Waals surface area contributed by atoms with Crippen LogP contribution in [0.5, 0.6) is 0 Å². The molecule has 1 saturated carbocycles. The van der Waals surface area contributed by atoms with E-state index in [1.165, 1.54) is 58.2 Å². The van der Waals surface area contributed by atoms with Gasteiger partial charge in [0.2, 0.25) is 0 Å². The fourth-order valence-corrected chi connectivity index (χ4v) is 3.88. The summed E-state index contributed by atoms with van der Waals surface area (Å²) in [6, 6.07) is 0.683. The van der Waals surface area contributed by atoms with Crippen molar-refractivity contribution < 1.29 is 0 Å². The van der Waals surface area contributed by atoms with Crippen molar-refractivity contribution in [2.45, 2.75) is 84.7 Å².